The average Bonchev–Trinajstić information content (AvgIpc) is 2.95. The highest BCUT2D eigenvalue weighted by Gasteiger charge is 2.33. The van der Waals surface area contributed by atoms with Gasteiger partial charge in [0.15, 0.2) is 5.13 Å². The molecule has 126 valence electrons. The lowest BCUT2D eigenvalue weighted by Crippen LogP contribution is -2.36. The third kappa shape index (κ3) is 3.99. The van der Waals surface area contributed by atoms with Gasteiger partial charge in [-0.05, 0) is 24.7 Å². The molecule has 2 rings (SSSR count). The number of fused-ring (bicyclic) bond motifs is 1. The largest absolute Gasteiger partial charge is 0.324 e. The molecule has 2 amide bonds. The van der Waals surface area contributed by atoms with E-state index in [0.717, 1.165) is 31.4 Å². The molecule has 0 aliphatic heterocycles. The van der Waals surface area contributed by atoms with E-state index in [2.05, 4.69) is 30.7 Å². The summed E-state index contributed by atoms with van der Waals surface area (Å²) in [5.74, 6) is 0. The van der Waals surface area contributed by atoms with Crippen LogP contribution in [0.2, 0.25) is 0 Å². The van der Waals surface area contributed by atoms with Crippen LogP contribution >= 0.6 is 11.3 Å². The Morgan fingerprint density at radius 1 is 1.43 bits per heavy atom. The van der Waals surface area contributed by atoms with Crippen LogP contribution in [0, 0.1) is 5.41 Å². The first-order valence-electron chi connectivity index (χ1n) is 8.16. The first-order valence-corrected chi connectivity index (χ1v) is 8.98. The first-order chi connectivity index (χ1) is 11.1. The number of carbonyl (C=O) groups is 2. The zero-order valence-corrected chi connectivity index (χ0v) is 14.7. The molecule has 1 aliphatic rings. The van der Waals surface area contributed by atoms with Crippen molar-refractivity contribution in [1.29, 1.82) is 0 Å². The Bertz CT molecular complexity index is 568. The summed E-state index contributed by atoms with van der Waals surface area (Å²) in [5.41, 5.74) is 1.49. The molecule has 6 heteroatoms. The SMILES string of the molecule is C=CCN(CC=O)C(=O)Nc1nc2c(s1)CCC(CC)(CC)C2. The normalized spacial score (nSPS) is 15.6. The van der Waals surface area contributed by atoms with Gasteiger partial charge in [-0.15, -0.1) is 17.9 Å². The number of hydrogen-bond acceptors (Lipinski definition) is 4. The summed E-state index contributed by atoms with van der Waals surface area (Å²) in [5, 5.41) is 3.45. The summed E-state index contributed by atoms with van der Waals surface area (Å²) in [6.45, 7) is 8.49. The maximum absolute atomic E-state index is 12.2. The number of aldehydes is 1. The molecule has 0 fully saturated rings. The van der Waals surface area contributed by atoms with Crippen LogP contribution in [-0.2, 0) is 17.6 Å². The molecular formula is C17H25N3O2S. The van der Waals surface area contributed by atoms with Crippen molar-refractivity contribution < 1.29 is 9.59 Å². The van der Waals surface area contributed by atoms with Crippen LogP contribution in [0.3, 0.4) is 0 Å². The number of hydrogen-bond donors (Lipinski definition) is 1. The predicted octanol–water partition coefficient (Wildman–Crippen LogP) is 3.66. The number of carbonyl (C=O) groups excluding carboxylic acids is 2. The second-order valence-corrected chi connectivity index (χ2v) is 7.15. The van der Waals surface area contributed by atoms with Crippen LogP contribution in [0.5, 0.6) is 0 Å². The molecule has 1 N–H and O–H groups in total. The molecular weight excluding hydrogens is 310 g/mol. The highest BCUT2D eigenvalue weighted by molar-refractivity contribution is 7.15. The summed E-state index contributed by atoms with van der Waals surface area (Å²) in [4.78, 5) is 30.2. The van der Waals surface area contributed by atoms with E-state index in [9.17, 15) is 9.59 Å². The molecule has 0 bridgehead atoms. The fourth-order valence-electron chi connectivity index (χ4n) is 3.10. The van der Waals surface area contributed by atoms with Gasteiger partial charge >= 0.3 is 6.03 Å². The number of nitrogens with one attached hydrogen (secondary N) is 1. The summed E-state index contributed by atoms with van der Waals surface area (Å²) >= 11 is 1.56. The van der Waals surface area contributed by atoms with Gasteiger partial charge < -0.3 is 9.69 Å². The molecule has 0 aromatic carbocycles. The lowest BCUT2D eigenvalue weighted by molar-refractivity contribution is -0.108. The van der Waals surface area contributed by atoms with Crippen molar-refractivity contribution in [3.05, 3.63) is 23.2 Å². The highest BCUT2D eigenvalue weighted by atomic mass is 32.1. The number of anilines is 1. The van der Waals surface area contributed by atoms with Gasteiger partial charge in [0.2, 0.25) is 0 Å². The predicted molar refractivity (Wildman–Crippen MR) is 94.0 cm³/mol. The van der Waals surface area contributed by atoms with Gasteiger partial charge in [-0.2, -0.15) is 0 Å². The topological polar surface area (TPSA) is 62.3 Å². The number of thiazole rings is 1. The lowest BCUT2D eigenvalue weighted by Gasteiger charge is -2.34. The molecule has 1 heterocycles. The highest BCUT2D eigenvalue weighted by Crippen LogP contribution is 2.43. The van der Waals surface area contributed by atoms with Crippen LogP contribution in [0.15, 0.2) is 12.7 Å². The number of amides is 2. The minimum Gasteiger partial charge on any atom is -0.314 e. The van der Waals surface area contributed by atoms with Gasteiger partial charge in [-0.1, -0.05) is 32.8 Å². The third-order valence-electron chi connectivity index (χ3n) is 4.85. The van der Waals surface area contributed by atoms with Crippen LogP contribution in [0.4, 0.5) is 9.93 Å². The molecule has 0 radical (unpaired) electrons. The smallest absolute Gasteiger partial charge is 0.314 e. The molecule has 0 spiro atoms. The van der Waals surface area contributed by atoms with E-state index in [1.165, 1.54) is 16.2 Å². The summed E-state index contributed by atoms with van der Waals surface area (Å²) in [7, 11) is 0. The van der Waals surface area contributed by atoms with Gasteiger partial charge in [0, 0.05) is 11.4 Å². The van der Waals surface area contributed by atoms with Crippen LogP contribution in [0.25, 0.3) is 0 Å². The second kappa shape index (κ2) is 7.73. The van der Waals surface area contributed by atoms with Gasteiger partial charge in [-0.3, -0.25) is 5.32 Å². The summed E-state index contributed by atoms with van der Waals surface area (Å²) in [6, 6.07) is -0.305. The Balaban J connectivity index is 2.09. The molecule has 5 nitrogen and oxygen atoms in total. The van der Waals surface area contributed by atoms with Gasteiger partial charge in [-0.25, -0.2) is 9.78 Å². The van der Waals surface area contributed by atoms with Crippen molar-refractivity contribution in [2.45, 2.75) is 46.0 Å². The van der Waals surface area contributed by atoms with Gasteiger partial charge in [0.05, 0.1) is 12.2 Å². The van der Waals surface area contributed by atoms with Gasteiger partial charge in [0.25, 0.3) is 0 Å². The van der Waals surface area contributed by atoms with Crippen molar-refractivity contribution in [1.82, 2.24) is 9.88 Å². The molecule has 0 unspecified atom stereocenters. The van der Waals surface area contributed by atoms with Crippen LogP contribution < -0.4 is 5.32 Å². The van der Waals surface area contributed by atoms with E-state index < -0.39 is 0 Å². The van der Waals surface area contributed by atoms with E-state index in [0.29, 0.717) is 23.4 Å². The number of rotatable bonds is 7. The Hall–Kier alpha value is -1.69. The Morgan fingerprint density at radius 2 is 2.17 bits per heavy atom. The maximum atomic E-state index is 12.2. The fraction of sp³-hybridized carbons (Fsp3) is 0.588. The molecule has 1 aliphatic carbocycles. The van der Waals surface area contributed by atoms with Gasteiger partial charge in [0.1, 0.15) is 6.29 Å². The lowest BCUT2D eigenvalue weighted by atomic mass is 9.71. The Kier molecular flexibility index (Phi) is 5.93. The number of aryl methyl sites for hydroxylation is 1. The molecule has 23 heavy (non-hydrogen) atoms. The van der Waals surface area contributed by atoms with Crippen molar-refractivity contribution >= 4 is 28.8 Å². The third-order valence-corrected chi connectivity index (χ3v) is 5.92. The van der Waals surface area contributed by atoms with E-state index in [1.54, 1.807) is 17.4 Å². The average molecular weight is 335 g/mol. The maximum Gasteiger partial charge on any atom is 0.324 e. The van der Waals surface area contributed by atoms with Crippen molar-refractivity contribution in [2.75, 3.05) is 18.4 Å². The zero-order valence-electron chi connectivity index (χ0n) is 13.9. The van der Waals surface area contributed by atoms with E-state index in [1.807, 2.05) is 0 Å². The standard InChI is InChI=1S/C17H25N3O2S/c1-4-9-20(10-11-21)16(22)19-15-18-13-12-17(5-2,6-3)8-7-14(13)23-15/h4,11H,1,5-10,12H2,2-3H3,(H,18,19,22). The van der Waals surface area contributed by atoms with E-state index in [4.69, 9.17) is 0 Å². The molecule has 1 aromatic rings. The quantitative estimate of drug-likeness (QED) is 0.611. The van der Waals surface area contributed by atoms with E-state index in [-0.39, 0.29) is 12.6 Å². The van der Waals surface area contributed by atoms with E-state index >= 15 is 0 Å². The number of aromatic nitrogens is 1. The Morgan fingerprint density at radius 3 is 2.78 bits per heavy atom. The number of urea groups is 1. The molecule has 0 atom stereocenters. The fourth-order valence-corrected chi connectivity index (χ4v) is 4.07. The molecule has 0 saturated carbocycles. The summed E-state index contributed by atoms with van der Waals surface area (Å²) in [6.07, 6.45) is 7.86. The van der Waals surface area contributed by atoms with Crippen LogP contribution in [0.1, 0.15) is 43.7 Å². The van der Waals surface area contributed by atoms with Crippen molar-refractivity contribution in [3.8, 4) is 0 Å². The van der Waals surface area contributed by atoms with Crippen molar-refractivity contribution in [2.24, 2.45) is 5.41 Å². The number of nitrogens with zero attached hydrogens (tertiary/aromatic N) is 2. The Labute approximate surface area is 141 Å². The zero-order chi connectivity index (χ0) is 16.9. The van der Waals surface area contributed by atoms with Crippen molar-refractivity contribution in [3.63, 3.8) is 0 Å². The molecule has 1 aromatic heterocycles. The minimum absolute atomic E-state index is 0.0533. The minimum atomic E-state index is -0.305. The van der Waals surface area contributed by atoms with Crippen LogP contribution in [-0.4, -0.2) is 35.3 Å². The molecule has 0 saturated heterocycles. The first kappa shape index (κ1) is 17.7. The summed E-state index contributed by atoms with van der Waals surface area (Å²) < 4.78 is 0. The second-order valence-electron chi connectivity index (χ2n) is 6.06. The monoisotopic (exact) mass is 335 g/mol.